The van der Waals surface area contributed by atoms with Crippen LogP contribution in [0.5, 0.6) is 5.75 Å². The van der Waals surface area contributed by atoms with Crippen molar-refractivity contribution >= 4 is 11.6 Å². The topological polar surface area (TPSA) is 60.0 Å². The van der Waals surface area contributed by atoms with Crippen LogP contribution in [0.4, 0.5) is 5.69 Å². The molecule has 1 N–H and O–H groups in total. The Morgan fingerprint density at radius 2 is 1.71 bits per heavy atom. The largest absolute Gasteiger partial charge is 0.490 e. The molecule has 0 aromatic heterocycles. The van der Waals surface area contributed by atoms with Crippen LogP contribution < -0.4 is 10.1 Å². The lowest BCUT2D eigenvalue weighted by molar-refractivity contribution is -0.124. The molecule has 0 bridgehead atoms. The van der Waals surface area contributed by atoms with Crippen LogP contribution in [-0.4, -0.2) is 62.0 Å². The first-order valence-electron chi connectivity index (χ1n) is 10.8. The number of hydrogen-bond acceptors (Lipinski definition) is 5. The van der Waals surface area contributed by atoms with Crippen LogP contribution in [0.15, 0.2) is 24.3 Å². The van der Waals surface area contributed by atoms with Crippen LogP contribution in [0.3, 0.4) is 0 Å². The van der Waals surface area contributed by atoms with Gasteiger partial charge in [-0.15, -0.1) is 0 Å². The monoisotopic (exact) mass is 388 g/mol. The lowest BCUT2D eigenvalue weighted by Crippen LogP contribution is -2.46. The number of piperidine rings is 1. The fourth-order valence-corrected chi connectivity index (χ4v) is 4.15. The van der Waals surface area contributed by atoms with E-state index in [1.54, 1.807) is 0 Å². The van der Waals surface area contributed by atoms with Crippen molar-refractivity contribution in [2.45, 2.75) is 63.2 Å². The van der Waals surface area contributed by atoms with Gasteiger partial charge in [-0.2, -0.15) is 0 Å². The lowest BCUT2D eigenvalue weighted by atomic mass is 9.90. The van der Waals surface area contributed by atoms with Crippen LogP contribution >= 0.6 is 0 Å². The van der Waals surface area contributed by atoms with Crippen molar-refractivity contribution in [2.75, 3.05) is 38.2 Å². The van der Waals surface area contributed by atoms with Gasteiger partial charge in [-0.3, -0.25) is 4.79 Å². The second kappa shape index (κ2) is 9.72. The van der Waals surface area contributed by atoms with E-state index < -0.39 is 0 Å². The van der Waals surface area contributed by atoms with Crippen molar-refractivity contribution in [1.29, 1.82) is 0 Å². The predicted molar refractivity (Wildman–Crippen MR) is 108 cm³/mol. The lowest BCUT2D eigenvalue weighted by Gasteiger charge is -2.41. The van der Waals surface area contributed by atoms with E-state index in [4.69, 9.17) is 14.2 Å². The van der Waals surface area contributed by atoms with E-state index in [0.29, 0.717) is 19.3 Å². The second-order valence-corrected chi connectivity index (χ2v) is 8.13. The number of nitrogens with zero attached hydrogens (tertiary/aromatic N) is 1. The molecule has 6 nitrogen and oxygen atoms in total. The Bertz CT molecular complexity index is 618. The number of ether oxygens (including phenoxy) is 3. The highest BCUT2D eigenvalue weighted by atomic mass is 16.5. The molecule has 28 heavy (non-hydrogen) atoms. The Morgan fingerprint density at radius 3 is 2.36 bits per heavy atom. The minimum Gasteiger partial charge on any atom is -0.490 e. The Balaban J connectivity index is 1.17. The molecule has 2 heterocycles. The number of carbonyl (C=O) groups excluding carboxylic acids is 1. The molecule has 1 amide bonds. The Kier molecular flexibility index (Phi) is 6.83. The van der Waals surface area contributed by atoms with Gasteiger partial charge < -0.3 is 24.4 Å². The first-order chi connectivity index (χ1) is 13.8. The third-order valence-electron chi connectivity index (χ3n) is 6.13. The molecule has 1 aromatic rings. The molecule has 1 aliphatic carbocycles. The van der Waals surface area contributed by atoms with Crippen molar-refractivity contribution in [3.05, 3.63) is 24.3 Å². The van der Waals surface area contributed by atoms with Gasteiger partial charge in [0.25, 0.3) is 0 Å². The number of benzene rings is 1. The summed E-state index contributed by atoms with van der Waals surface area (Å²) in [5.74, 6) is 0.752. The van der Waals surface area contributed by atoms with Crippen LogP contribution in [0, 0.1) is 0 Å². The second-order valence-electron chi connectivity index (χ2n) is 8.13. The van der Waals surface area contributed by atoms with E-state index >= 15 is 0 Å². The summed E-state index contributed by atoms with van der Waals surface area (Å²) >= 11 is 0. The van der Waals surface area contributed by atoms with Crippen LogP contribution in [0.1, 0.15) is 44.9 Å². The molecule has 3 fully saturated rings. The van der Waals surface area contributed by atoms with Crippen molar-refractivity contribution in [3.8, 4) is 5.75 Å². The third kappa shape index (κ3) is 5.46. The summed E-state index contributed by atoms with van der Waals surface area (Å²) < 4.78 is 17.1. The van der Waals surface area contributed by atoms with Crippen molar-refractivity contribution < 1.29 is 19.0 Å². The zero-order chi connectivity index (χ0) is 19.2. The maximum atomic E-state index is 12.1. The molecule has 0 spiro atoms. The maximum absolute atomic E-state index is 12.1. The number of carbonyl (C=O) groups is 1. The van der Waals surface area contributed by atoms with Gasteiger partial charge in [-0.1, -0.05) is 6.42 Å². The van der Waals surface area contributed by atoms with Gasteiger partial charge in [0.15, 0.2) is 0 Å². The van der Waals surface area contributed by atoms with Crippen molar-refractivity contribution in [2.24, 2.45) is 0 Å². The number of likely N-dealkylation sites (tertiary alicyclic amines) is 1. The molecule has 4 rings (SSSR count). The summed E-state index contributed by atoms with van der Waals surface area (Å²) in [7, 11) is 0. The van der Waals surface area contributed by atoms with Gasteiger partial charge in [-0.25, -0.2) is 0 Å². The molecule has 0 atom stereocenters. The molecule has 3 aliphatic rings. The van der Waals surface area contributed by atoms with E-state index in [-0.39, 0.29) is 18.6 Å². The molecule has 0 radical (unpaired) electrons. The maximum Gasteiger partial charge on any atom is 0.250 e. The average molecular weight is 389 g/mol. The predicted octanol–water partition coefficient (Wildman–Crippen LogP) is 3.22. The molecule has 6 heteroatoms. The minimum atomic E-state index is -0.122. The molecule has 154 valence electrons. The molecule has 1 saturated carbocycles. The fourth-order valence-electron chi connectivity index (χ4n) is 4.15. The molecule has 0 unspecified atom stereocenters. The number of hydrogen-bond donors (Lipinski definition) is 1. The van der Waals surface area contributed by atoms with Crippen molar-refractivity contribution in [1.82, 2.24) is 4.90 Å². The molecular formula is C22H32N2O4. The minimum absolute atomic E-state index is 0.0858. The summed E-state index contributed by atoms with van der Waals surface area (Å²) in [6.45, 7) is 3.82. The zero-order valence-electron chi connectivity index (χ0n) is 16.6. The first-order valence-corrected chi connectivity index (χ1v) is 10.8. The smallest absolute Gasteiger partial charge is 0.250 e. The van der Waals surface area contributed by atoms with Gasteiger partial charge in [0.2, 0.25) is 5.91 Å². The number of nitrogens with one attached hydrogen (secondary N) is 1. The average Bonchev–Trinajstić information content (AvgIpc) is 2.69. The number of anilines is 1. The normalized spacial score (nSPS) is 22.6. The highest BCUT2D eigenvalue weighted by Gasteiger charge is 2.29. The number of rotatable bonds is 7. The molecule has 2 aliphatic heterocycles. The Morgan fingerprint density at radius 1 is 1.00 bits per heavy atom. The Hall–Kier alpha value is -1.63. The van der Waals surface area contributed by atoms with Gasteiger partial charge in [-0.05, 0) is 62.8 Å². The zero-order valence-corrected chi connectivity index (χ0v) is 16.6. The summed E-state index contributed by atoms with van der Waals surface area (Å²) in [6, 6.07) is 8.50. The summed E-state index contributed by atoms with van der Waals surface area (Å²) in [5, 5.41) is 2.89. The first kappa shape index (κ1) is 19.7. The fraction of sp³-hybridized carbons (Fsp3) is 0.682. The Labute approximate surface area is 167 Å². The van der Waals surface area contributed by atoms with Crippen LogP contribution in [0.25, 0.3) is 0 Å². The summed E-state index contributed by atoms with van der Waals surface area (Å²) in [5.41, 5.74) is 0.771. The van der Waals surface area contributed by atoms with Gasteiger partial charge >= 0.3 is 0 Å². The van der Waals surface area contributed by atoms with E-state index in [2.05, 4.69) is 10.2 Å². The van der Waals surface area contributed by atoms with E-state index in [1.807, 2.05) is 24.3 Å². The highest BCUT2D eigenvalue weighted by molar-refractivity contribution is 5.91. The van der Waals surface area contributed by atoms with Gasteiger partial charge in [0, 0.05) is 38.0 Å². The third-order valence-corrected chi connectivity index (χ3v) is 6.13. The molecule has 2 saturated heterocycles. The molecular weight excluding hydrogens is 356 g/mol. The SMILES string of the molecule is O=C(COC1CCOCC1)Nc1ccc(OC2CCN(C3CCC3)CC2)cc1. The quantitative estimate of drug-likeness (QED) is 0.777. The summed E-state index contributed by atoms with van der Waals surface area (Å²) in [4.78, 5) is 14.7. The summed E-state index contributed by atoms with van der Waals surface area (Å²) in [6.07, 6.45) is 8.48. The van der Waals surface area contributed by atoms with E-state index in [9.17, 15) is 4.79 Å². The van der Waals surface area contributed by atoms with Gasteiger partial charge in [0.1, 0.15) is 18.5 Å². The van der Waals surface area contributed by atoms with Crippen molar-refractivity contribution in [3.63, 3.8) is 0 Å². The van der Waals surface area contributed by atoms with Crippen LogP contribution in [-0.2, 0) is 14.3 Å². The van der Waals surface area contributed by atoms with E-state index in [0.717, 1.165) is 56.3 Å². The van der Waals surface area contributed by atoms with Gasteiger partial charge in [0.05, 0.1) is 6.10 Å². The van der Waals surface area contributed by atoms with E-state index in [1.165, 1.54) is 19.3 Å². The molecule has 1 aromatic carbocycles. The number of amides is 1. The standard InChI is InChI=1S/C22H32N2O4/c25-22(16-27-19-10-14-26-15-11-19)23-17-4-6-20(7-5-17)28-21-8-12-24(13-9-21)18-2-1-3-18/h4-7,18-19,21H,1-3,8-16H2,(H,23,25). The van der Waals surface area contributed by atoms with Crippen LogP contribution in [0.2, 0.25) is 0 Å². The highest BCUT2D eigenvalue weighted by Crippen LogP contribution is 2.28.